The topological polar surface area (TPSA) is 38.3 Å². The Morgan fingerprint density at radius 3 is 2.56 bits per heavy atom. The lowest BCUT2D eigenvalue weighted by atomic mass is 10.1. The third kappa shape index (κ3) is 3.32. The molecule has 0 heterocycles. The zero-order valence-corrected chi connectivity index (χ0v) is 11.2. The average molecular weight is 286 g/mol. The molecule has 0 aliphatic carbocycles. The van der Waals surface area contributed by atoms with Gasteiger partial charge < -0.3 is 4.74 Å². The fourth-order valence-corrected chi connectivity index (χ4v) is 2.16. The van der Waals surface area contributed by atoms with Crippen LogP contribution in [-0.4, -0.2) is 19.1 Å². The molecular formula is C12H16BrNO2. The number of ether oxygens (including phenoxy) is 1. The first-order valence-electron chi connectivity index (χ1n) is 5.14. The molecule has 4 heteroatoms. The van der Waals surface area contributed by atoms with Gasteiger partial charge in [-0.15, -0.1) is 0 Å². The molecule has 0 aliphatic rings. The van der Waals surface area contributed by atoms with Crippen molar-refractivity contribution in [2.75, 3.05) is 7.11 Å². The summed E-state index contributed by atoms with van der Waals surface area (Å²) in [6, 6.07) is 7.71. The van der Waals surface area contributed by atoms with Gasteiger partial charge in [-0.3, -0.25) is 10.1 Å². The monoisotopic (exact) mass is 285 g/mol. The van der Waals surface area contributed by atoms with Crippen molar-refractivity contribution in [3.05, 3.63) is 34.3 Å². The second kappa shape index (κ2) is 6.01. The Hall–Kier alpha value is -0.870. The third-order valence-corrected chi connectivity index (χ3v) is 3.15. The number of esters is 1. The molecule has 1 aromatic rings. The van der Waals surface area contributed by atoms with Gasteiger partial charge in [-0.1, -0.05) is 34.1 Å². The fourth-order valence-electron chi connectivity index (χ4n) is 1.54. The number of carbonyl (C=O) groups excluding carboxylic acids is 1. The summed E-state index contributed by atoms with van der Waals surface area (Å²) < 4.78 is 5.70. The van der Waals surface area contributed by atoms with Gasteiger partial charge in [-0.2, -0.15) is 0 Å². The summed E-state index contributed by atoms with van der Waals surface area (Å²) in [5.74, 6) is -0.251. The van der Waals surface area contributed by atoms with Crippen LogP contribution >= 0.6 is 15.9 Å². The van der Waals surface area contributed by atoms with E-state index in [1.807, 2.05) is 31.2 Å². The van der Waals surface area contributed by atoms with Crippen LogP contribution in [0, 0.1) is 0 Å². The number of hydrogen-bond acceptors (Lipinski definition) is 3. The molecule has 0 saturated heterocycles. The highest BCUT2D eigenvalue weighted by Crippen LogP contribution is 2.22. The summed E-state index contributed by atoms with van der Waals surface area (Å²) in [5.41, 5.74) is 1.12. The van der Waals surface area contributed by atoms with Crippen molar-refractivity contribution in [1.82, 2.24) is 5.32 Å². The van der Waals surface area contributed by atoms with E-state index in [4.69, 9.17) is 0 Å². The van der Waals surface area contributed by atoms with E-state index < -0.39 is 0 Å². The lowest BCUT2D eigenvalue weighted by Gasteiger charge is -2.19. The first-order valence-corrected chi connectivity index (χ1v) is 5.94. The maximum absolute atomic E-state index is 11.3. The fraction of sp³-hybridized carbons (Fsp3) is 0.417. The van der Waals surface area contributed by atoms with Gasteiger partial charge in [0.15, 0.2) is 0 Å². The Morgan fingerprint density at radius 1 is 1.38 bits per heavy atom. The third-order valence-electron chi connectivity index (χ3n) is 2.43. The van der Waals surface area contributed by atoms with Crippen molar-refractivity contribution in [3.63, 3.8) is 0 Å². The van der Waals surface area contributed by atoms with E-state index in [9.17, 15) is 4.79 Å². The van der Waals surface area contributed by atoms with Crippen molar-refractivity contribution in [2.24, 2.45) is 0 Å². The van der Waals surface area contributed by atoms with E-state index in [0.29, 0.717) is 0 Å². The molecule has 0 aliphatic heterocycles. The molecular weight excluding hydrogens is 270 g/mol. The van der Waals surface area contributed by atoms with E-state index in [0.717, 1.165) is 10.0 Å². The zero-order chi connectivity index (χ0) is 12.1. The van der Waals surface area contributed by atoms with Crippen LogP contribution in [-0.2, 0) is 9.53 Å². The van der Waals surface area contributed by atoms with Crippen LogP contribution in [0.5, 0.6) is 0 Å². The molecule has 0 spiro atoms. The number of carbonyl (C=O) groups is 1. The lowest BCUT2D eigenvalue weighted by Crippen LogP contribution is -2.36. The summed E-state index contributed by atoms with van der Waals surface area (Å²) >= 11 is 3.48. The molecule has 1 N–H and O–H groups in total. The normalized spacial score (nSPS) is 14.2. The molecule has 0 saturated carbocycles. The van der Waals surface area contributed by atoms with E-state index in [1.54, 1.807) is 6.92 Å². The predicted molar refractivity (Wildman–Crippen MR) is 67.2 cm³/mol. The Labute approximate surface area is 104 Å². The Morgan fingerprint density at radius 2 is 2.00 bits per heavy atom. The SMILES string of the molecule is COC(=O)C(C)N[C@@H](C)c1ccccc1Br. The van der Waals surface area contributed by atoms with Crippen LogP contribution in [0.1, 0.15) is 25.5 Å². The first-order chi connectivity index (χ1) is 7.56. The van der Waals surface area contributed by atoms with Crippen molar-refractivity contribution in [3.8, 4) is 0 Å². The highest BCUT2D eigenvalue weighted by atomic mass is 79.9. The molecule has 1 rings (SSSR count). The van der Waals surface area contributed by atoms with Gasteiger partial charge in [-0.05, 0) is 25.5 Å². The van der Waals surface area contributed by atoms with E-state index in [1.165, 1.54) is 7.11 Å². The number of nitrogens with one attached hydrogen (secondary N) is 1. The summed E-state index contributed by atoms with van der Waals surface area (Å²) in [7, 11) is 1.39. The van der Waals surface area contributed by atoms with Crippen LogP contribution < -0.4 is 5.32 Å². The molecule has 1 unspecified atom stereocenters. The highest BCUT2D eigenvalue weighted by Gasteiger charge is 2.17. The molecule has 0 aromatic heterocycles. The van der Waals surface area contributed by atoms with Gasteiger partial charge in [0.2, 0.25) is 0 Å². The standard InChI is InChI=1S/C12H16BrNO2/c1-8(14-9(2)12(15)16-3)10-6-4-5-7-11(10)13/h4-9,14H,1-3H3/t8-,9?/m0/s1. The van der Waals surface area contributed by atoms with Gasteiger partial charge in [0, 0.05) is 10.5 Å². The zero-order valence-electron chi connectivity index (χ0n) is 9.66. The van der Waals surface area contributed by atoms with Crippen LogP contribution in [0.15, 0.2) is 28.7 Å². The highest BCUT2D eigenvalue weighted by molar-refractivity contribution is 9.10. The number of rotatable bonds is 4. The van der Waals surface area contributed by atoms with Gasteiger partial charge in [-0.25, -0.2) is 0 Å². The lowest BCUT2D eigenvalue weighted by molar-refractivity contribution is -0.142. The molecule has 88 valence electrons. The van der Waals surface area contributed by atoms with Crippen LogP contribution in [0.2, 0.25) is 0 Å². The summed E-state index contributed by atoms with van der Waals surface area (Å²) in [6.45, 7) is 3.80. The van der Waals surface area contributed by atoms with Crippen LogP contribution in [0.4, 0.5) is 0 Å². The number of benzene rings is 1. The van der Waals surface area contributed by atoms with Gasteiger partial charge in [0.1, 0.15) is 6.04 Å². The Bertz CT molecular complexity index is 368. The minimum Gasteiger partial charge on any atom is -0.468 e. The molecule has 3 nitrogen and oxygen atoms in total. The smallest absolute Gasteiger partial charge is 0.322 e. The summed E-state index contributed by atoms with van der Waals surface area (Å²) in [5, 5.41) is 3.18. The Kier molecular flexibility index (Phi) is 4.96. The Balaban J connectivity index is 2.69. The number of hydrogen-bond donors (Lipinski definition) is 1. The summed E-state index contributed by atoms with van der Waals surface area (Å²) in [4.78, 5) is 11.3. The molecule has 16 heavy (non-hydrogen) atoms. The van der Waals surface area contributed by atoms with E-state index >= 15 is 0 Å². The molecule has 2 atom stereocenters. The molecule has 0 radical (unpaired) electrons. The van der Waals surface area contributed by atoms with Crippen LogP contribution in [0.3, 0.4) is 0 Å². The molecule has 0 fully saturated rings. The van der Waals surface area contributed by atoms with E-state index in [-0.39, 0.29) is 18.1 Å². The van der Waals surface area contributed by atoms with Crippen molar-refractivity contribution < 1.29 is 9.53 Å². The van der Waals surface area contributed by atoms with Crippen molar-refractivity contribution in [2.45, 2.75) is 25.9 Å². The van der Waals surface area contributed by atoms with Crippen molar-refractivity contribution in [1.29, 1.82) is 0 Å². The average Bonchev–Trinajstić information content (AvgIpc) is 2.28. The first kappa shape index (κ1) is 13.2. The summed E-state index contributed by atoms with van der Waals surface area (Å²) in [6.07, 6.45) is 0. The largest absolute Gasteiger partial charge is 0.468 e. The van der Waals surface area contributed by atoms with Gasteiger partial charge >= 0.3 is 5.97 Å². The minimum atomic E-state index is -0.313. The maximum Gasteiger partial charge on any atom is 0.322 e. The maximum atomic E-state index is 11.3. The van der Waals surface area contributed by atoms with Gasteiger partial charge in [0.05, 0.1) is 7.11 Å². The predicted octanol–water partition coefficient (Wildman–Crippen LogP) is 2.66. The minimum absolute atomic E-state index is 0.0877. The number of methoxy groups -OCH3 is 1. The van der Waals surface area contributed by atoms with Crippen molar-refractivity contribution >= 4 is 21.9 Å². The van der Waals surface area contributed by atoms with Crippen LogP contribution in [0.25, 0.3) is 0 Å². The van der Waals surface area contributed by atoms with Gasteiger partial charge in [0.25, 0.3) is 0 Å². The quantitative estimate of drug-likeness (QED) is 0.865. The number of halogens is 1. The second-order valence-corrected chi connectivity index (χ2v) is 4.51. The molecule has 1 aromatic carbocycles. The molecule has 0 bridgehead atoms. The molecule has 0 amide bonds. The van der Waals surface area contributed by atoms with E-state index in [2.05, 4.69) is 26.0 Å². The second-order valence-electron chi connectivity index (χ2n) is 3.65.